The quantitative estimate of drug-likeness (QED) is 0.113. The van der Waals surface area contributed by atoms with E-state index in [0.29, 0.717) is 51.4 Å². The lowest BCUT2D eigenvalue weighted by Gasteiger charge is -2.42. The Hall–Kier alpha value is -3.98. The number of hydrogen-bond donors (Lipinski definition) is 5. The molecule has 0 radical (unpaired) electrons. The zero-order chi connectivity index (χ0) is 55.2. The summed E-state index contributed by atoms with van der Waals surface area (Å²) in [6.07, 6.45) is 6.79. The van der Waals surface area contributed by atoms with Crippen molar-refractivity contribution in [2.24, 2.45) is 40.9 Å². The fraction of sp³-hybridized carbons (Fsp3) is 0.750. The van der Waals surface area contributed by atoms with Gasteiger partial charge in [0.25, 0.3) is 11.7 Å². The highest BCUT2D eigenvalue weighted by Gasteiger charge is 2.53. The van der Waals surface area contributed by atoms with E-state index in [4.69, 9.17) is 28.4 Å². The predicted octanol–water partition coefficient (Wildman–Crippen LogP) is 4.69. The van der Waals surface area contributed by atoms with Gasteiger partial charge in [-0.15, -0.1) is 0 Å². The summed E-state index contributed by atoms with van der Waals surface area (Å²) in [6.45, 7) is 12.1. The molecule has 418 valence electrons. The van der Waals surface area contributed by atoms with Gasteiger partial charge in [-0.25, -0.2) is 4.79 Å². The molecule has 3 heterocycles. The molecule has 16 atom stereocenters. The molecule has 2 bridgehead atoms. The molecule has 0 spiro atoms. The van der Waals surface area contributed by atoms with Crippen LogP contribution in [0.5, 0.6) is 0 Å². The number of esters is 2. The van der Waals surface area contributed by atoms with Crippen molar-refractivity contribution in [3.63, 3.8) is 0 Å². The second-order valence-electron chi connectivity index (χ2n) is 21.9. The molecule has 1 amide bonds. The molecule has 3 aliphatic heterocycles. The van der Waals surface area contributed by atoms with Crippen LogP contribution in [0.2, 0.25) is 0 Å². The second kappa shape index (κ2) is 28.4. The number of amides is 1. The van der Waals surface area contributed by atoms with Crippen molar-refractivity contribution in [1.82, 2.24) is 4.90 Å². The zero-order valence-electron chi connectivity index (χ0n) is 45.6. The Bertz CT molecular complexity index is 2050. The first-order valence-electron chi connectivity index (χ1n) is 26.5. The van der Waals surface area contributed by atoms with Crippen LogP contribution in [0.3, 0.4) is 0 Å². The van der Waals surface area contributed by atoms with Crippen LogP contribution in [0.25, 0.3) is 0 Å². The van der Waals surface area contributed by atoms with E-state index in [1.54, 1.807) is 58.9 Å². The molecule has 16 unspecified atom stereocenters. The highest BCUT2D eigenvalue weighted by molar-refractivity contribution is 6.39. The lowest BCUT2D eigenvalue weighted by molar-refractivity contribution is -0.265. The predicted molar refractivity (Wildman–Crippen MR) is 273 cm³/mol. The summed E-state index contributed by atoms with van der Waals surface area (Å²) < 4.78 is 35.3. The van der Waals surface area contributed by atoms with Gasteiger partial charge < -0.3 is 58.9 Å². The number of rotatable bonds is 10. The van der Waals surface area contributed by atoms with Gasteiger partial charge in [0.1, 0.15) is 41.7 Å². The molecule has 2 saturated heterocycles. The number of piperidine rings is 1. The normalized spacial score (nSPS) is 38.1. The van der Waals surface area contributed by atoms with Crippen LogP contribution in [0.1, 0.15) is 126 Å². The van der Waals surface area contributed by atoms with Crippen LogP contribution in [0.15, 0.2) is 47.6 Å². The first kappa shape index (κ1) is 62.6. The van der Waals surface area contributed by atoms with E-state index in [9.17, 15) is 54.3 Å². The van der Waals surface area contributed by atoms with E-state index in [1.807, 2.05) is 19.9 Å². The van der Waals surface area contributed by atoms with Crippen molar-refractivity contribution in [3.05, 3.63) is 47.6 Å². The number of nitrogens with zero attached hydrogens (tertiary/aromatic N) is 1. The molecule has 74 heavy (non-hydrogen) atoms. The molecular formula is C56H87NO17. The molecule has 0 aromatic carbocycles. The number of methoxy groups -OCH3 is 3. The zero-order valence-corrected chi connectivity index (χ0v) is 45.6. The first-order chi connectivity index (χ1) is 34.9. The van der Waals surface area contributed by atoms with Gasteiger partial charge in [-0.3, -0.25) is 24.0 Å². The van der Waals surface area contributed by atoms with Crippen molar-refractivity contribution >= 4 is 35.2 Å². The highest BCUT2D eigenvalue weighted by atomic mass is 16.6. The van der Waals surface area contributed by atoms with Gasteiger partial charge in [-0.1, -0.05) is 71.1 Å². The molecule has 0 aromatic heterocycles. The monoisotopic (exact) mass is 1050 g/mol. The topological polar surface area (TPSA) is 262 Å². The van der Waals surface area contributed by atoms with Crippen molar-refractivity contribution < 1.29 is 82.7 Å². The lowest BCUT2D eigenvalue weighted by atomic mass is 9.78. The molecule has 18 nitrogen and oxygen atoms in total. The van der Waals surface area contributed by atoms with Gasteiger partial charge in [0.15, 0.2) is 5.78 Å². The number of fused-ring (bicyclic) bond motifs is 3. The summed E-state index contributed by atoms with van der Waals surface area (Å²) in [7, 11) is 4.32. The van der Waals surface area contributed by atoms with Crippen molar-refractivity contribution in [1.29, 1.82) is 0 Å². The van der Waals surface area contributed by atoms with Crippen LogP contribution >= 0.6 is 0 Å². The summed E-state index contributed by atoms with van der Waals surface area (Å²) in [4.78, 5) is 85.5. The molecule has 18 heteroatoms. The van der Waals surface area contributed by atoms with E-state index in [0.717, 1.165) is 10.5 Å². The third-order valence-corrected chi connectivity index (χ3v) is 16.2. The SMILES string of the molecule is COC1CC2CCC(C)C(O)(O2)C(=O)C(=O)N2CCCCC2C(=O)OC(C(C)CC2CCC(OC(=O)C(C)(CO)CO)C(OC)C2)CC(=O)C(C)/C=C(\C)C(O)C(OC)C(=O)C(C)C(O)C(C)/C=C/C=C/C=C/1C. The van der Waals surface area contributed by atoms with Crippen molar-refractivity contribution in [2.45, 2.75) is 187 Å². The molecule has 5 N–H and O–H groups in total. The Morgan fingerprint density at radius 1 is 0.865 bits per heavy atom. The van der Waals surface area contributed by atoms with Gasteiger partial charge in [-0.2, -0.15) is 0 Å². The standard InChI is InChI=1S/C56H87NO17/c1-32-17-13-12-14-18-33(2)47(61)38(7)49(63)50(71-11)48(62)36(5)25-34(3)42(60)29-45(35(4)26-39-21-23-43(46(27-39)70-10)73-54(67)55(8,30-58)31-59)72-53(66)41-19-15-16-24-57(41)52(65)51(64)56(68)37(6)20-22-40(74-56)28-44(32)69-9/h12-14,17-18,25,33-35,37-41,43-48,50,58-59,61-62,68H,15-16,19-24,26-31H2,1-11H3/b13-12+,18-14+,32-17+,36-25+. The number of ether oxygens (including phenoxy) is 6. The summed E-state index contributed by atoms with van der Waals surface area (Å²) >= 11 is 0. The average molecular weight is 1050 g/mol. The molecule has 1 aliphatic carbocycles. The number of allylic oxidation sites excluding steroid dienone is 5. The average Bonchev–Trinajstić information content (AvgIpc) is 3.39. The fourth-order valence-corrected chi connectivity index (χ4v) is 10.6. The maximum atomic E-state index is 14.5. The first-order valence-corrected chi connectivity index (χ1v) is 26.5. The summed E-state index contributed by atoms with van der Waals surface area (Å²) in [5.74, 6) is -10.8. The lowest BCUT2D eigenvalue weighted by Crippen LogP contribution is -2.61. The van der Waals surface area contributed by atoms with Gasteiger partial charge in [0.2, 0.25) is 5.79 Å². The van der Waals surface area contributed by atoms with Gasteiger partial charge in [-0.05, 0) is 102 Å². The minimum Gasteiger partial charge on any atom is -0.460 e. The Morgan fingerprint density at radius 3 is 2.19 bits per heavy atom. The maximum absolute atomic E-state index is 14.5. The van der Waals surface area contributed by atoms with Gasteiger partial charge in [0.05, 0.1) is 37.6 Å². The smallest absolute Gasteiger partial charge is 0.329 e. The van der Waals surface area contributed by atoms with Crippen molar-refractivity contribution in [3.8, 4) is 0 Å². The Balaban J connectivity index is 1.71. The van der Waals surface area contributed by atoms with Crippen LogP contribution in [-0.4, -0.2) is 167 Å². The summed E-state index contributed by atoms with van der Waals surface area (Å²) in [5.41, 5.74) is -0.422. The van der Waals surface area contributed by atoms with E-state index in [2.05, 4.69) is 0 Å². The number of ketones is 3. The molecule has 3 fully saturated rings. The third kappa shape index (κ3) is 15.6. The Morgan fingerprint density at radius 2 is 1.55 bits per heavy atom. The molecular weight excluding hydrogens is 959 g/mol. The number of hydrogen-bond acceptors (Lipinski definition) is 17. The minimum absolute atomic E-state index is 0.0306. The maximum Gasteiger partial charge on any atom is 0.329 e. The summed E-state index contributed by atoms with van der Waals surface area (Å²) in [5, 5.41) is 54.4. The molecule has 4 rings (SSSR count). The van der Waals surface area contributed by atoms with Gasteiger partial charge >= 0.3 is 11.9 Å². The number of carbonyl (C=O) groups is 6. The van der Waals surface area contributed by atoms with E-state index in [-0.39, 0.29) is 43.1 Å². The van der Waals surface area contributed by atoms with Crippen LogP contribution in [0, 0.1) is 40.9 Å². The third-order valence-electron chi connectivity index (χ3n) is 16.2. The minimum atomic E-state index is -2.49. The number of carbonyl (C=O) groups excluding carboxylic acids is 6. The van der Waals surface area contributed by atoms with Crippen LogP contribution in [0.4, 0.5) is 0 Å². The molecule has 4 aliphatic rings. The van der Waals surface area contributed by atoms with E-state index >= 15 is 0 Å². The van der Waals surface area contributed by atoms with Crippen LogP contribution in [-0.2, 0) is 57.2 Å². The number of aliphatic hydroxyl groups excluding tert-OH is 4. The van der Waals surface area contributed by atoms with E-state index in [1.165, 1.54) is 34.3 Å². The largest absolute Gasteiger partial charge is 0.460 e. The Labute approximate surface area is 437 Å². The highest BCUT2D eigenvalue weighted by Crippen LogP contribution is 2.38. The summed E-state index contributed by atoms with van der Waals surface area (Å²) in [6, 6.07) is -1.22. The van der Waals surface area contributed by atoms with Crippen LogP contribution < -0.4 is 0 Å². The Kier molecular flexibility index (Phi) is 24.0. The molecule has 1 saturated carbocycles. The molecule has 0 aromatic rings. The van der Waals surface area contributed by atoms with Gasteiger partial charge in [0, 0.05) is 64.4 Å². The van der Waals surface area contributed by atoms with Crippen molar-refractivity contribution in [2.75, 3.05) is 41.1 Å². The fourth-order valence-electron chi connectivity index (χ4n) is 10.6. The second-order valence-corrected chi connectivity index (χ2v) is 21.9. The van der Waals surface area contributed by atoms with E-state index < -0.39 is 138 Å². The number of Topliss-reactive ketones (excluding diaryl/α,β-unsaturated/α-hetero) is 3. The number of cyclic esters (lactones) is 1. The number of aliphatic hydroxyl groups is 5.